The highest BCUT2D eigenvalue weighted by molar-refractivity contribution is 6.01. The van der Waals surface area contributed by atoms with Crippen LogP contribution < -0.4 is 11.1 Å². The highest BCUT2D eigenvalue weighted by Crippen LogP contribution is 2.39. The van der Waals surface area contributed by atoms with Gasteiger partial charge in [0.05, 0.1) is 24.6 Å². The minimum Gasteiger partial charge on any atom is -0.508 e. The fourth-order valence-corrected chi connectivity index (χ4v) is 7.05. The number of H-pyrrole nitrogens is 1. The van der Waals surface area contributed by atoms with E-state index in [1.54, 1.807) is 18.2 Å². The molecule has 0 fully saturated rings. The van der Waals surface area contributed by atoms with Crippen molar-refractivity contribution in [3.05, 3.63) is 119 Å². The summed E-state index contributed by atoms with van der Waals surface area (Å²) in [5.74, 6) is 0.283. The number of Topliss-reactive ketones (excluding diaryl/α,β-unsaturated/α-hetero) is 1. The van der Waals surface area contributed by atoms with Gasteiger partial charge in [0.1, 0.15) is 11.5 Å². The van der Waals surface area contributed by atoms with Gasteiger partial charge in [0.2, 0.25) is 0 Å². The van der Waals surface area contributed by atoms with Crippen molar-refractivity contribution in [2.75, 3.05) is 6.54 Å². The van der Waals surface area contributed by atoms with Crippen LogP contribution in [0.2, 0.25) is 0 Å². The lowest BCUT2D eigenvalue weighted by Gasteiger charge is -2.15. The maximum absolute atomic E-state index is 12.9. The molecule has 1 aliphatic rings. The molecule has 1 aliphatic heterocycles. The Morgan fingerprint density at radius 2 is 1.85 bits per heavy atom. The molecule has 0 radical (unpaired) electrons. The predicted molar refractivity (Wildman–Crippen MR) is 184 cm³/mol. The van der Waals surface area contributed by atoms with Gasteiger partial charge in [0.25, 0.3) is 5.91 Å². The van der Waals surface area contributed by atoms with E-state index in [1.165, 1.54) is 16.5 Å². The number of para-hydroxylation sites is 1. The molecule has 0 spiro atoms. The quantitative estimate of drug-likeness (QED) is 0.127. The summed E-state index contributed by atoms with van der Waals surface area (Å²) in [5, 5.41) is 15.7. The van der Waals surface area contributed by atoms with Crippen molar-refractivity contribution in [1.29, 1.82) is 0 Å². The van der Waals surface area contributed by atoms with Crippen LogP contribution in [-0.2, 0) is 37.6 Å². The van der Waals surface area contributed by atoms with Crippen molar-refractivity contribution < 1.29 is 14.7 Å². The van der Waals surface area contributed by atoms with Gasteiger partial charge in [0.15, 0.2) is 0 Å². The van der Waals surface area contributed by atoms with Crippen molar-refractivity contribution >= 4 is 33.5 Å². The summed E-state index contributed by atoms with van der Waals surface area (Å²) in [6.07, 6.45) is 11.1. The number of phenolic OH excluding ortho intramolecular Hbond substituents is 1. The van der Waals surface area contributed by atoms with Gasteiger partial charge in [-0.1, -0.05) is 30.3 Å². The van der Waals surface area contributed by atoms with Crippen LogP contribution >= 0.6 is 0 Å². The molecule has 9 heteroatoms. The van der Waals surface area contributed by atoms with Crippen LogP contribution in [0.15, 0.2) is 79.4 Å². The molecule has 0 aliphatic carbocycles. The third-order valence-corrected chi connectivity index (χ3v) is 9.33. The van der Waals surface area contributed by atoms with E-state index < -0.39 is 0 Å². The van der Waals surface area contributed by atoms with Gasteiger partial charge in [0, 0.05) is 70.9 Å². The number of phenols is 1. The fourth-order valence-electron chi connectivity index (χ4n) is 7.05. The van der Waals surface area contributed by atoms with Crippen LogP contribution in [0.25, 0.3) is 21.8 Å². The number of fused-ring (bicyclic) bond motifs is 3. The first kappa shape index (κ1) is 30.5. The Morgan fingerprint density at radius 3 is 2.68 bits per heavy atom. The second kappa shape index (κ2) is 12.9. The minimum absolute atomic E-state index is 0.123. The smallest absolute Gasteiger partial charge is 0.252 e. The standard InChI is InChI=1S/C38H40N6O3/c1-43-21-26(40-23-43)22-44-20-25(12-13-27(45)7-5-17-39)29-15-11-24(18-35(29)44)6-4-10-34-36(31-8-2-3-9-33(31)41-34)37-32-19-28(46)14-16-30(32)38(47)42-37/h2-3,8-9,11,14-16,18-21,23,37,41,46H,4-7,10,12-13,17,22,39H2,1H3,(H,42,47). The van der Waals surface area contributed by atoms with E-state index >= 15 is 0 Å². The molecule has 3 aromatic carbocycles. The number of hydrogen-bond donors (Lipinski definition) is 4. The van der Waals surface area contributed by atoms with Gasteiger partial charge >= 0.3 is 0 Å². The van der Waals surface area contributed by atoms with Gasteiger partial charge in [-0.25, -0.2) is 4.98 Å². The lowest BCUT2D eigenvalue weighted by molar-refractivity contribution is -0.119. The molecule has 9 nitrogen and oxygen atoms in total. The Hall–Kier alpha value is -5.15. The number of nitrogens with zero attached hydrogens (tertiary/aromatic N) is 3. The highest BCUT2D eigenvalue weighted by atomic mass is 16.3. The number of hydrogen-bond acceptors (Lipinski definition) is 5. The summed E-state index contributed by atoms with van der Waals surface area (Å²) in [4.78, 5) is 33.5. The molecule has 4 heterocycles. The van der Waals surface area contributed by atoms with Crippen LogP contribution in [0.3, 0.4) is 0 Å². The average molecular weight is 629 g/mol. The Kier molecular flexibility index (Phi) is 8.39. The van der Waals surface area contributed by atoms with Crippen molar-refractivity contribution in [2.45, 2.75) is 57.5 Å². The van der Waals surface area contributed by atoms with Crippen LogP contribution in [0, 0.1) is 0 Å². The number of carbonyl (C=O) groups is 2. The van der Waals surface area contributed by atoms with E-state index in [-0.39, 0.29) is 23.5 Å². The molecular formula is C38H40N6O3. The van der Waals surface area contributed by atoms with E-state index in [0.717, 1.165) is 64.6 Å². The molecule has 3 aromatic heterocycles. The number of amides is 1. The largest absolute Gasteiger partial charge is 0.508 e. The molecule has 240 valence electrons. The normalized spacial score (nSPS) is 14.3. The molecule has 1 atom stereocenters. The van der Waals surface area contributed by atoms with Gasteiger partial charge < -0.3 is 30.3 Å². The SMILES string of the molecule is Cn1cnc(Cn2cc(CCC(=O)CCCN)c3ccc(CCCc4[nH]c5ccccc5c4C4NC(=O)c5ccc(O)cc54)cc32)c1. The fraction of sp³-hybridized carbons (Fsp3) is 0.289. The number of nitrogens with two attached hydrogens (primary N) is 1. The number of imidazole rings is 1. The van der Waals surface area contributed by atoms with Gasteiger partial charge in [-0.05, 0) is 85.7 Å². The van der Waals surface area contributed by atoms with E-state index in [4.69, 9.17) is 5.73 Å². The second-order valence-corrected chi connectivity index (χ2v) is 12.7. The molecule has 7 rings (SSSR count). The summed E-state index contributed by atoms with van der Waals surface area (Å²) in [6.45, 7) is 1.19. The van der Waals surface area contributed by atoms with Gasteiger partial charge in [-0.2, -0.15) is 0 Å². The molecule has 0 saturated carbocycles. The third-order valence-electron chi connectivity index (χ3n) is 9.33. The predicted octanol–water partition coefficient (Wildman–Crippen LogP) is 5.86. The Bertz CT molecular complexity index is 2100. The Labute approximate surface area is 273 Å². The number of rotatable bonds is 13. The van der Waals surface area contributed by atoms with Crippen LogP contribution in [0.5, 0.6) is 5.75 Å². The summed E-state index contributed by atoms with van der Waals surface area (Å²) in [7, 11) is 1.97. The minimum atomic E-state index is -0.331. The maximum Gasteiger partial charge on any atom is 0.252 e. The zero-order valence-corrected chi connectivity index (χ0v) is 26.6. The van der Waals surface area contributed by atoms with Crippen molar-refractivity contribution in [3.63, 3.8) is 0 Å². The first-order valence-corrected chi connectivity index (χ1v) is 16.4. The van der Waals surface area contributed by atoms with Crippen LogP contribution in [-0.4, -0.2) is 42.4 Å². The molecule has 6 aromatic rings. The van der Waals surface area contributed by atoms with Crippen LogP contribution in [0.4, 0.5) is 0 Å². The average Bonchev–Trinajstić information content (AvgIpc) is 3.82. The number of ketones is 1. The Balaban J connectivity index is 1.14. The number of benzene rings is 3. The molecule has 1 unspecified atom stereocenters. The molecule has 47 heavy (non-hydrogen) atoms. The zero-order chi connectivity index (χ0) is 32.5. The monoisotopic (exact) mass is 628 g/mol. The summed E-state index contributed by atoms with van der Waals surface area (Å²) in [6, 6.07) is 19.5. The topological polar surface area (TPSA) is 131 Å². The Morgan fingerprint density at radius 1 is 0.979 bits per heavy atom. The zero-order valence-electron chi connectivity index (χ0n) is 26.6. The van der Waals surface area contributed by atoms with Gasteiger partial charge in [-0.3, -0.25) is 9.59 Å². The first-order valence-electron chi connectivity index (χ1n) is 16.4. The van der Waals surface area contributed by atoms with E-state index in [1.807, 2.05) is 36.3 Å². The van der Waals surface area contributed by atoms with Crippen molar-refractivity contribution in [3.8, 4) is 5.75 Å². The number of aromatic amines is 1. The lowest BCUT2D eigenvalue weighted by Crippen LogP contribution is -2.20. The second-order valence-electron chi connectivity index (χ2n) is 12.7. The van der Waals surface area contributed by atoms with E-state index in [2.05, 4.69) is 56.4 Å². The maximum atomic E-state index is 12.9. The van der Waals surface area contributed by atoms with Crippen LogP contribution in [0.1, 0.15) is 75.7 Å². The van der Waals surface area contributed by atoms with Crippen molar-refractivity contribution in [2.24, 2.45) is 12.8 Å². The number of aromatic hydroxyl groups is 1. The summed E-state index contributed by atoms with van der Waals surface area (Å²) in [5.41, 5.74) is 14.7. The highest BCUT2D eigenvalue weighted by Gasteiger charge is 2.33. The van der Waals surface area contributed by atoms with E-state index in [0.29, 0.717) is 37.9 Å². The van der Waals surface area contributed by atoms with Crippen molar-refractivity contribution in [1.82, 2.24) is 24.4 Å². The summed E-state index contributed by atoms with van der Waals surface area (Å²) >= 11 is 0. The van der Waals surface area contributed by atoms with E-state index in [9.17, 15) is 14.7 Å². The number of nitrogens with one attached hydrogen (secondary N) is 2. The summed E-state index contributed by atoms with van der Waals surface area (Å²) < 4.78 is 4.21. The number of carbonyl (C=O) groups excluding carboxylic acids is 2. The van der Waals surface area contributed by atoms with Gasteiger partial charge in [-0.15, -0.1) is 0 Å². The molecule has 0 bridgehead atoms. The molecular weight excluding hydrogens is 588 g/mol. The number of aryl methyl sites for hydroxylation is 4. The molecule has 0 saturated heterocycles. The molecule has 5 N–H and O–H groups in total. The third kappa shape index (κ3) is 6.18. The lowest BCUT2D eigenvalue weighted by atomic mass is 9.94. The number of aromatic nitrogens is 4. The molecule has 1 amide bonds. The first-order chi connectivity index (χ1) is 22.9.